The number of nitrogens with one attached hydrogen (secondary N) is 1. The van der Waals surface area contributed by atoms with E-state index in [1.165, 1.54) is 6.07 Å². The first-order valence-electron chi connectivity index (χ1n) is 10.5. The maximum atomic E-state index is 12.9. The Kier molecular flexibility index (Phi) is 5.93. The minimum atomic E-state index is -3.73. The summed E-state index contributed by atoms with van der Waals surface area (Å²) in [5, 5.41) is 0. The number of amides is 1. The van der Waals surface area contributed by atoms with Gasteiger partial charge in [0, 0.05) is 17.4 Å². The monoisotopic (exact) mass is 450 g/mol. The predicted octanol–water partition coefficient (Wildman–Crippen LogP) is 4.46. The lowest BCUT2D eigenvalue weighted by Gasteiger charge is -2.23. The first-order chi connectivity index (χ1) is 15.2. The molecule has 1 atom stereocenters. The number of hydrogen-bond acceptors (Lipinski definition) is 4. The van der Waals surface area contributed by atoms with E-state index in [0.717, 1.165) is 23.2 Å². The Morgan fingerprint density at radius 2 is 1.78 bits per heavy atom. The van der Waals surface area contributed by atoms with Gasteiger partial charge in [-0.25, -0.2) is 8.42 Å². The summed E-state index contributed by atoms with van der Waals surface area (Å²) in [6.07, 6.45) is 0.821. The van der Waals surface area contributed by atoms with E-state index in [0.29, 0.717) is 17.0 Å². The van der Waals surface area contributed by atoms with Crippen molar-refractivity contribution in [3.8, 4) is 5.75 Å². The molecule has 1 aliphatic rings. The first kappa shape index (κ1) is 21.9. The smallest absolute Gasteiger partial charge is 0.265 e. The lowest BCUT2D eigenvalue weighted by atomic mass is 10.1. The number of fused-ring (bicyclic) bond motifs is 1. The molecule has 0 radical (unpaired) electrons. The maximum absolute atomic E-state index is 12.9. The molecule has 0 saturated heterocycles. The van der Waals surface area contributed by atoms with E-state index >= 15 is 0 Å². The predicted molar refractivity (Wildman–Crippen MR) is 126 cm³/mol. The highest BCUT2D eigenvalue weighted by Gasteiger charge is 2.30. The van der Waals surface area contributed by atoms with Gasteiger partial charge in [-0.15, -0.1) is 0 Å². The Morgan fingerprint density at radius 1 is 1.06 bits per heavy atom. The van der Waals surface area contributed by atoms with Crippen molar-refractivity contribution in [2.24, 2.45) is 0 Å². The fourth-order valence-corrected chi connectivity index (χ4v) is 5.08. The standard InChI is InChI=1S/C25H26N2O4S/c1-17-8-10-21(11-9-17)26-32(29,30)22-12-13-24(18(2)14-22)31-16-25(28)27-19(3)15-20-6-4-5-7-23(20)27/h4-14,19,26H,15-16H2,1-3H3/t19-/m0/s1. The maximum Gasteiger partial charge on any atom is 0.265 e. The number of rotatable bonds is 6. The van der Waals surface area contributed by atoms with Crippen LogP contribution in [0.5, 0.6) is 5.75 Å². The van der Waals surface area contributed by atoms with Crippen LogP contribution in [0.2, 0.25) is 0 Å². The largest absolute Gasteiger partial charge is 0.483 e. The molecule has 0 bridgehead atoms. The SMILES string of the molecule is Cc1ccc(NS(=O)(=O)c2ccc(OCC(=O)N3c4ccccc4C[C@@H]3C)c(C)c2)cc1. The zero-order valence-electron chi connectivity index (χ0n) is 18.3. The molecule has 0 fully saturated rings. The molecule has 1 heterocycles. The van der Waals surface area contributed by atoms with E-state index in [-0.39, 0.29) is 23.5 Å². The van der Waals surface area contributed by atoms with E-state index < -0.39 is 10.0 Å². The highest BCUT2D eigenvalue weighted by molar-refractivity contribution is 7.92. The molecule has 1 aliphatic heterocycles. The summed E-state index contributed by atoms with van der Waals surface area (Å²) in [5.74, 6) is 0.354. The summed E-state index contributed by atoms with van der Waals surface area (Å²) in [6, 6.07) is 19.7. The van der Waals surface area contributed by atoms with Crippen LogP contribution >= 0.6 is 0 Å². The van der Waals surface area contributed by atoms with Crippen molar-refractivity contribution in [2.45, 2.75) is 38.1 Å². The number of aryl methyl sites for hydroxylation is 2. The molecule has 32 heavy (non-hydrogen) atoms. The third-order valence-corrected chi connectivity index (χ3v) is 6.97. The van der Waals surface area contributed by atoms with Crippen LogP contribution in [0, 0.1) is 13.8 Å². The fraction of sp³-hybridized carbons (Fsp3) is 0.240. The molecule has 7 heteroatoms. The molecular formula is C25H26N2O4S. The van der Waals surface area contributed by atoms with Gasteiger partial charge in [-0.1, -0.05) is 35.9 Å². The van der Waals surface area contributed by atoms with Gasteiger partial charge in [-0.3, -0.25) is 9.52 Å². The Morgan fingerprint density at radius 3 is 2.50 bits per heavy atom. The van der Waals surface area contributed by atoms with Gasteiger partial charge in [0.25, 0.3) is 15.9 Å². The third-order valence-electron chi connectivity index (χ3n) is 5.59. The number of carbonyl (C=O) groups excluding carboxylic acids is 1. The molecule has 4 rings (SSSR count). The van der Waals surface area contributed by atoms with Crippen molar-refractivity contribution in [1.82, 2.24) is 0 Å². The van der Waals surface area contributed by atoms with Crippen LogP contribution in [0.3, 0.4) is 0 Å². The molecule has 0 aromatic heterocycles. The number of hydrogen-bond donors (Lipinski definition) is 1. The topological polar surface area (TPSA) is 75.7 Å². The van der Waals surface area contributed by atoms with Crippen molar-refractivity contribution in [3.05, 3.63) is 83.4 Å². The minimum Gasteiger partial charge on any atom is -0.483 e. The second-order valence-electron chi connectivity index (χ2n) is 8.13. The number of ether oxygens (including phenoxy) is 1. The summed E-state index contributed by atoms with van der Waals surface area (Å²) in [5.41, 5.74) is 4.26. The average molecular weight is 451 g/mol. The summed E-state index contributed by atoms with van der Waals surface area (Å²) in [4.78, 5) is 14.8. The molecule has 0 unspecified atom stereocenters. The van der Waals surface area contributed by atoms with Crippen molar-refractivity contribution >= 4 is 27.3 Å². The number of sulfonamides is 1. The van der Waals surface area contributed by atoms with Gasteiger partial charge in [0.15, 0.2) is 6.61 Å². The summed E-state index contributed by atoms with van der Waals surface area (Å²) >= 11 is 0. The molecule has 0 aliphatic carbocycles. The van der Waals surface area contributed by atoms with Crippen LogP contribution in [-0.4, -0.2) is 27.0 Å². The Hall–Kier alpha value is -3.32. The van der Waals surface area contributed by atoms with E-state index in [1.807, 2.05) is 50.2 Å². The molecular weight excluding hydrogens is 424 g/mol. The Labute approximate surface area is 188 Å². The van der Waals surface area contributed by atoms with Crippen LogP contribution < -0.4 is 14.4 Å². The van der Waals surface area contributed by atoms with Gasteiger partial charge in [0.1, 0.15) is 5.75 Å². The lowest BCUT2D eigenvalue weighted by Crippen LogP contribution is -2.39. The molecule has 166 valence electrons. The highest BCUT2D eigenvalue weighted by Crippen LogP contribution is 2.32. The van der Waals surface area contributed by atoms with E-state index in [9.17, 15) is 13.2 Å². The van der Waals surface area contributed by atoms with E-state index in [2.05, 4.69) is 4.72 Å². The van der Waals surface area contributed by atoms with Gasteiger partial charge in [-0.2, -0.15) is 0 Å². The van der Waals surface area contributed by atoms with Gasteiger partial charge in [0.2, 0.25) is 0 Å². The second-order valence-corrected chi connectivity index (χ2v) is 9.82. The van der Waals surface area contributed by atoms with E-state index in [4.69, 9.17) is 4.74 Å². The summed E-state index contributed by atoms with van der Waals surface area (Å²) in [7, 11) is -3.73. The minimum absolute atomic E-state index is 0.0740. The average Bonchev–Trinajstić information content (AvgIpc) is 3.10. The second kappa shape index (κ2) is 8.67. The third kappa shape index (κ3) is 4.48. The van der Waals surface area contributed by atoms with Crippen molar-refractivity contribution in [3.63, 3.8) is 0 Å². The quantitative estimate of drug-likeness (QED) is 0.602. The number of anilines is 2. The van der Waals surface area contributed by atoms with Gasteiger partial charge < -0.3 is 9.64 Å². The number of carbonyl (C=O) groups is 1. The normalized spacial score (nSPS) is 15.3. The number of nitrogens with zero attached hydrogens (tertiary/aromatic N) is 1. The van der Waals surface area contributed by atoms with Gasteiger partial charge >= 0.3 is 0 Å². The van der Waals surface area contributed by atoms with Crippen LogP contribution in [0.4, 0.5) is 11.4 Å². The molecule has 6 nitrogen and oxygen atoms in total. The lowest BCUT2D eigenvalue weighted by molar-refractivity contribution is -0.120. The van der Waals surface area contributed by atoms with Gasteiger partial charge in [0.05, 0.1) is 4.90 Å². The summed E-state index contributed by atoms with van der Waals surface area (Å²) < 4.78 is 33.8. The van der Waals surface area contributed by atoms with Crippen LogP contribution in [0.25, 0.3) is 0 Å². The van der Waals surface area contributed by atoms with Crippen molar-refractivity contribution < 1.29 is 17.9 Å². The fourth-order valence-electron chi connectivity index (χ4n) is 3.94. The van der Waals surface area contributed by atoms with Crippen molar-refractivity contribution in [2.75, 3.05) is 16.2 Å². The first-order valence-corrected chi connectivity index (χ1v) is 12.0. The molecule has 0 spiro atoms. The zero-order chi connectivity index (χ0) is 22.9. The molecule has 1 amide bonds. The molecule has 3 aromatic rings. The van der Waals surface area contributed by atoms with Gasteiger partial charge in [-0.05, 0) is 74.7 Å². The molecule has 0 saturated carbocycles. The Balaban J connectivity index is 1.45. The molecule has 1 N–H and O–H groups in total. The number of benzene rings is 3. The zero-order valence-corrected chi connectivity index (χ0v) is 19.1. The van der Waals surface area contributed by atoms with Crippen LogP contribution in [0.1, 0.15) is 23.6 Å². The van der Waals surface area contributed by atoms with E-state index in [1.54, 1.807) is 36.1 Å². The van der Waals surface area contributed by atoms with Crippen LogP contribution in [0.15, 0.2) is 71.6 Å². The number of para-hydroxylation sites is 1. The highest BCUT2D eigenvalue weighted by atomic mass is 32.2. The Bertz CT molecular complexity index is 1250. The summed E-state index contributed by atoms with van der Waals surface area (Å²) in [6.45, 7) is 5.60. The van der Waals surface area contributed by atoms with Crippen LogP contribution in [-0.2, 0) is 21.2 Å². The molecule has 3 aromatic carbocycles. The van der Waals surface area contributed by atoms with Crippen molar-refractivity contribution in [1.29, 1.82) is 0 Å².